The highest BCUT2D eigenvalue weighted by Gasteiger charge is 2.12. The van der Waals surface area contributed by atoms with E-state index < -0.39 is 0 Å². The van der Waals surface area contributed by atoms with Gasteiger partial charge in [-0.05, 0) is 58.5 Å². The minimum Gasteiger partial charge on any atom is -0.476 e. The van der Waals surface area contributed by atoms with E-state index in [2.05, 4.69) is 28.2 Å². The van der Waals surface area contributed by atoms with Crippen molar-refractivity contribution in [1.29, 1.82) is 0 Å². The van der Waals surface area contributed by atoms with Crippen LogP contribution in [0.5, 0.6) is 5.88 Å². The van der Waals surface area contributed by atoms with E-state index in [0.717, 1.165) is 31.3 Å². The molecule has 1 fully saturated rings. The zero-order chi connectivity index (χ0) is 14.4. The molecule has 1 aliphatic heterocycles. The van der Waals surface area contributed by atoms with Crippen molar-refractivity contribution in [3.63, 3.8) is 0 Å². The van der Waals surface area contributed by atoms with Gasteiger partial charge < -0.3 is 10.1 Å². The standard InChI is InChI=1S/C16H27N3O/c1-13-11-14(2)18-16(15(13)12-17-3)20-10-9-19-7-5-4-6-8-19/h11,17H,4-10,12H2,1-3H3. The molecule has 1 aromatic rings. The highest BCUT2D eigenvalue weighted by Crippen LogP contribution is 2.21. The summed E-state index contributed by atoms with van der Waals surface area (Å²) in [6.07, 6.45) is 4.03. The molecule has 2 heterocycles. The van der Waals surface area contributed by atoms with Gasteiger partial charge in [0.2, 0.25) is 5.88 Å². The van der Waals surface area contributed by atoms with Crippen LogP contribution in [0.2, 0.25) is 0 Å². The summed E-state index contributed by atoms with van der Waals surface area (Å²) in [5.41, 5.74) is 3.45. The molecule has 1 saturated heterocycles. The van der Waals surface area contributed by atoms with Gasteiger partial charge in [-0.15, -0.1) is 0 Å². The fraction of sp³-hybridized carbons (Fsp3) is 0.688. The smallest absolute Gasteiger partial charge is 0.218 e. The molecule has 4 heteroatoms. The Hall–Kier alpha value is -1.13. The molecule has 2 rings (SSSR count). The van der Waals surface area contributed by atoms with E-state index in [4.69, 9.17) is 4.74 Å². The predicted molar refractivity (Wildman–Crippen MR) is 82.3 cm³/mol. The zero-order valence-corrected chi connectivity index (χ0v) is 13.0. The molecular weight excluding hydrogens is 250 g/mol. The minimum absolute atomic E-state index is 0.729. The van der Waals surface area contributed by atoms with Crippen LogP contribution in [-0.2, 0) is 6.54 Å². The number of aromatic nitrogens is 1. The van der Waals surface area contributed by atoms with Crippen LogP contribution < -0.4 is 10.1 Å². The van der Waals surface area contributed by atoms with Crippen molar-refractivity contribution in [3.8, 4) is 5.88 Å². The normalized spacial score (nSPS) is 16.4. The summed E-state index contributed by atoms with van der Waals surface area (Å²) < 4.78 is 5.96. The van der Waals surface area contributed by atoms with Crippen molar-refractivity contribution in [2.45, 2.75) is 39.7 Å². The Morgan fingerprint density at radius 1 is 1.25 bits per heavy atom. The van der Waals surface area contributed by atoms with Crippen LogP contribution in [0.25, 0.3) is 0 Å². The maximum Gasteiger partial charge on any atom is 0.218 e. The Morgan fingerprint density at radius 3 is 2.70 bits per heavy atom. The summed E-state index contributed by atoms with van der Waals surface area (Å²) in [5.74, 6) is 0.800. The molecule has 0 amide bonds. The molecule has 0 spiro atoms. The van der Waals surface area contributed by atoms with Crippen LogP contribution >= 0.6 is 0 Å². The maximum atomic E-state index is 5.96. The molecule has 20 heavy (non-hydrogen) atoms. The molecule has 0 aliphatic carbocycles. The first-order valence-corrected chi connectivity index (χ1v) is 7.67. The summed E-state index contributed by atoms with van der Waals surface area (Å²) in [5, 5.41) is 3.19. The van der Waals surface area contributed by atoms with Crippen molar-refractivity contribution in [3.05, 3.63) is 22.9 Å². The predicted octanol–water partition coefficient (Wildman–Crippen LogP) is 2.28. The molecule has 0 atom stereocenters. The summed E-state index contributed by atoms with van der Waals surface area (Å²) in [4.78, 5) is 7.04. The Balaban J connectivity index is 1.93. The van der Waals surface area contributed by atoms with E-state index in [1.807, 2.05) is 14.0 Å². The van der Waals surface area contributed by atoms with Crippen LogP contribution in [0.3, 0.4) is 0 Å². The Kier molecular flexibility index (Phi) is 5.80. The lowest BCUT2D eigenvalue weighted by molar-refractivity contribution is 0.179. The van der Waals surface area contributed by atoms with Gasteiger partial charge in [0, 0.05) is 24.3 Å². The van der Waals surface area contributed by atoms with Gasteiger partial charge in [0.1, 0.15) is 6.61 Å². The minimum atomic E-state index is 0.729. The number of nitrogens with one attached hydrogen (secondary N) is 1. The molecule has 4 nitrogen and oxygen atoms in total. The molecule has 0 radical (unpaired) electrons. The van der Waals surface area contributed by atoms with E-state index in [1.54, 1.807) is 0 Å². The highest BCUT2D eigenvalue weighted by atomic mass is 16.5. The summed E-state index contributed by atoms with van der Waals surface area (Å²) in [7, 11) is 1.96. The van der Waals surface area contributed by atoms with Gasteiger partial charge in [0.15, 0.2) is 0 Å². The second-order valence-corrected chi connectivity index (χ2v) is 5.65. The molecule has 112 valence electrons. The number of hydrogen-bond acceptors (Lipinski definition) is 4. The lowest BCUT2D eigenvalue weighted by Gasteiger charge is -2.26. The molecule has 0 bridgehead atoms. The van der Waals surface area contributed by atoms with Gasteiger partial charge in [-0.2, -0.15) is 0 Å². The van der Waals surface area contributed by atoms with E-state index >= 15 is 0 Å². The Labute approximate surface area is 122 Å². The average Bonchev–Trinajstić information content (AvgIpc) is 2.43. The van der Waals surface area contributed by atoms with Crippen molar-refractivity contribution in [1.82, 2.24) is 15.2 Å². The van der Waals surface area contributed by atoms with Gasteiger partial charge in [-0.3, -0.25) is 4.90 Å². The van der Waals surface area contributed by atoms with Gasteiger partial charge in [-0.25, -0.2) is 4.98 Å². The third-order valence-electron chi connectivity index (χ3n) is 3.89. The molecule has 1 N–H and O–H groups in total. The number of nitrogens with zero attached hydrogens (tertiary/aromatic N) is 2. The molecular formula is C16H27N3O. The fourth-order valence-electron chi connectivity index (χ4n) is 2.79. The molecule has 1 aromatic heterocycles. The third-order valence-corrected chi connectivity index (χ3v) is 3.89. The molecule has 1 aliphatic rings. The van der Waals surface area contributed by atoms with Crippen LogP contribution in [0, 0.1) is 13.8 Å². The van der Waals surface area contributed by atoms with Crippen molar-refractivity contribution in [2.24, 2.45) is 0 Å². The summed E-state index contributed by atoms with van der Waals surface area (Å²) in [6.45, 7) is 9.12. The summed E-state index contributed by atoms with van der Waals surface area (Å²) >= 11 is 0. The van der Waals surface area contributed by atoms with Crippen molar-refractivity contribution >= 4 is 0 Å². The largest absolute Gasteiger partial charge is 0.476 e. The lowest BCUT2D eigenvalue weighted by Crippen LogP contribution is -2.33. The first-order valence-electron chi connectivity index (χ1n) is 7.67. The van der Waals surface area contributed by atoms with Crippen LogP contribution in [0.1, 0.15) is 36.1 Å². The number of aryl methyl sites for hydroxylation is 2. The van der Waals surface area contributed by atoms with Crippen LogP contribution in [0.15, 0.2) is 6.07 Å². The number of rotatable bonds is 6. The fourth-order valence-corrected chi connectivity index (χ4v) is 2.79. The van der Waals surface area contributed by atoms with Crippen LogP contribution in [-0.4, -0.2) is 43.2 Å². The van der Waals surface area contributed by atoms with Gasteiger partial charge in [0.05, 0.1) is 0 Å². The second-order valence-electron chi connectivity index (χ2n) is 5.65. The number of hydrogen-bond donors (Lipinski definition) is 1. The first kappa shape index (κ1) is 15.3. The highest BCUT2D eigenvalue weighted by molar-refractivity contribution is 5.35. The Bertz CT molecular complexity index is 428. The van der Waals surface area contributed by atoms with Gasteiger partial charge in [0.25, 0.3) is 0 Å². The summed E-state index contributed by atoms with van der Waals surface area (Å²) in [6, 6.07) is 2.12. The van der Waals surface area contributed by atoms with E-state index in [-0.39, 0.29) is 0 Å². The van der Waals surface area contributed by atoms with E-state index in [0.29, 0.717) is 0 Å². The first-order chi connectivity index (χ1) is 9.70. The second kappa shape index (κ2) is 7.60. The number of likely N-dealkylation sites (tertiary alicyclic amines) is 1. The average molecular weight is 277 g/mol. The maximum absolute atomic E-state index is 5.96. The van der Waals surface area contributed by atoms with Crippen molar-refractivity contribution < 1.29 is 4.74 Å². The van der Waals surface area contributed by atoms with Gasteiger partial charge in [-0.1, -0.05) is 6.42 Å². The SMILES string of the molecule is CNCc1c(C)cc(C)nc1OCCN1CCCCC1. The number of piperidine rings is 1. The van der Waals surface area contributed by atoms with Crippen LogP contribution in [0.4, 0.5) is 0 Å². The third kappa shape index (κ3) is 4.18. The Morgan fingerprint density at radius 2 is 2.00 bits per heavy atom. The number of ether oxygens (including phenoxy) is 1. The number of pyridine rings is 1. The van der Waals surface area contributed by atoms with Gasteiger partial charge >= 0.3 is 0 Å². The van der Waals surface area contributed by atoms with E-state index in [1.165, 1.54) is 43.5 Å². The monoisotopic (exact) mass is 277 g/mol. The van der Waals surface area contributed by atoms with E-state index in [9.17, 15) is 0 Å². The van der Waals surface area contributed by atoms with Crippen molar-refractivity contribution in [2.75, 3.05) is 33.3 Å². The molecule has 0 unspecified atom stereocenters. The zero-order valence-electron chi connectivity index (χ0n) is 13.0. The topological polar surface area (TPSA) is 37.4 Å². The molecule has 0 saturated carbocycles. The molecule has 0 aromatic carbocycles. The lowest BCUT2D eigenvalue weighted by atomic mass is 10.1. The quantitative estimate of drug-likeness (QED) is 0.865.